The van der Waals surface area contributed by atoms with Crippen molar-refractivity contribution < 1.29 is 18.7 Å². The van der Waals surface area contributed by atoms with Crippen LogP contribution in [0.15, 0.2) is 71.1 Å². The minimum Gasteiger partial charge on any atom is -0.487 e. The zero-order valence-corrected chi connectivity index (χ0v) is 17.3. The Morgan fingerprint density at radius 1 is 1.03 bits per heavy atom. The third-order valence-electron chi connectivity index (χ3n) is 4.76. The second-order valence-corrected chi connectivity index (χ2v) is 7.45. The van der Waals surface area contributed by atoms with Crippen LogP contribution in [-0.4, -0.2) is 16.7 Å². The van der Waals surface area contributed by atoms with Gasteiger partial charge >= 0.3 is 0 Å². The number of hydrogen-bond donors (Lipinski definition) is 1. The number of benzene rings is 2. The average Bonchev–Trinajstić information content (AvgIpc) is 3.25. The highest BCUT2D eigenvalue weighted by molar-refractivity contribution is 6.31. The molecule has 0 atom stereocenters. The van der Waals surface area contributed by atoms with Gasteiger partial charge in [-0.15, -0.1) is 0 Å². The lowest BCUT2D eigenvalue weighted by atomic mass is 10.1. The van der Waals surface area contributed by atoms with Crippen molar-refractivity contribution in [3.05, 3.63) is 94.5 Å². The summed E-state index contributed by atoms with van der Waals surface area (Å²) >= 11 is 6.04. The summed E-state index contributed by atoms with van der Waals surface area (Å²) in [5.74, 6) is 0.514. The number of fused-ring (bicyclic) bond motifs is 1. The Bertz CT molecular complexity index is 1270. The van der Waals surface area contributed by atoms with Gasteiger partial charge in [0.25, 0.3) is 5.91 Å². The van der Waals surface area contributed by atoms with E-state index in [0.717, 1.165) is 16.6 Å². The number of nitrogens with two attached hydrogens (primary N) is 1. The molecule has 0 bridgehead atoms. The number of ether oxygens (including phenoxy) is 1. The van der Waals surface area contributed by atoms with Gasteiger partial charge in [0.2, 0.25) is 0 Å². The number of halogens is 1. The van der Waals surface area contributed by atoms with Crippen LogP contribution in [0.5, 0.6) is 5.75 Å². The van der Waals surface area contributed by atoms with E-state index < -0.39 is 5.91 Å². The maximum Gasteiger partial charge on any atom is 0.284 e. The monoisotopic (exact) mass is 434 g/mol. The fourth-order valence-electron chi connectivity index (χ4n) is 3.16. The quantitative estimate of drug-likeness (QED) is 0.395. The number of primary amides is 1. The van der Waals surface area contributed by atoms with E-state index in [4.69, 9.17) is 26.5 Å². The highest BCUT2D eigenvalue weighted by atomic mass is 35.5. The van der Waals surface area contributed by atoms with Crippen LogP contribution >= 0.6 is 11.6 Å². The molecular weight excluding hydrogens is 416 g/mol. The molecule has 0 saturated carbocycles. The summed E-state index contributed by atoms with van der Waals surface area (Å²) in [6.07, 6.45) is 0.614. The molecule has 2 aromatic carbocycles. The zero-order valence-electron chi connectivity index (χ0n) is 16.5. The summed E-state index contributed by atoms with van der Waals surface area (Å²) in [6.45, 7) is 0.266. The predicted octanol–water partition coefficient (Wildman–Crippen LogP) is 4.97. The molecule has 0 fully saturated rings. The Hall–Kier alpha value is -3.64. The third kappa shape index (κ3) is 5.10. The fourth-order valence-corrected chi connectivity index (χ4v) is 3.32. The Kier molecular flexibility index (Phi) is 6.00. The minimum absolute atomic E-state index is 0.0547. The number of aromatic nitrogens is 1. The lowest BCUT2D eigenvalue weighted by molar-refractivity contribution is 0.0972. The number of ketones is 1. The molecule has 0 aliphatic heterocycles. The van der Waals surface area contributed by atoms with Gasteiger partial charge in [0, 0.05) is 28.8 Å². The SMILES string of the molecule is NC(=O)c1ccc(CCC(=O)c2cccc(OCc3ccc4ccc(Cl)cc4n3)c2)o1. The van der Waals surface area contributed by atoms with E-state index in [-0.39, 0.29) is 24.6 Å². The van der Waals surface area contributed by atoms with Crippen LogP contribution in [-0.2, 0) is 13.0 Å². The van der Waals surface area contributed by atoms with Gasteiger partial charge in [0.1, 0.15) is 18.1 Å². The molecule has 156 valence electrons. The largest absolute Gasteiger partial charge is 0.487 e. The van der Waals surface area contributed by atoms with E-state index in [2.05, 4.69) is 4.98 Å². The van der Waals surface area contributed by atoms with Crippen molar-refractivity contribution in [2.45, 2.75) is 19.4 Å². The number of amides is 1. The number of rotatable bonds is 8. The Balaban J connectivity index is 1.38. The van der Waals surface area contributed by atoms with Crippen LogP contribution in [0.4, 0.5) is 0 Å². The molecule has 4 rings (SSSR count). The number of carbonyl (C=O) groups is 2. The van der Waals surface area contributed by atoms with Gasteiger partial charge in [0.05, 0.1) is 11.2 Å². The summed E-state index contributed by atoms with van der Waals surface area (Å²) in [4.78, 5) is 28.2. The first kappa shape index (κ1) is 20.6. The van der Waals surface area contributed by atoms with Crippen LogP contribution in [0.25, 0.3) is 10.9 Å². The van der Waals surface area contributed by atoms with Gasteiger partial charge in [0.15, 0.2) is 11.5 Å². The molecule has 7 heteroatoms. The summed E-state index contributed by atoms with van der Waals surface area (Å²) in [6, 6.07) is 19.6. The Morgan fingerprint density at radius 3 is 2.68 bits per heavy atom. The van der Waals surface area contributed by atoms with Crippen LogP contribution in [0.1, 0.15) is 38.8 Å². The second-order valence-electron chi connectivity index (χ2n) is 7.01. The Morgan fingerprint density at radius 2 is 1.87 bits per heavy atom. The van der Waals surface area contributed by atoms with Gasteiger partial charge in [-0.25, -0.2) is 4.98 Å². The molecule has 31 heavy (non-hydrogen) atoms. The number of aryl methyl sites for hydroxylation is 1. The topological polar surface area (TPSA) is 95.4 Å². The predicted molar refractivity (Wildman–Crippen MR) is 117 cm³/mol. The number of hydrogen-bond acceptors (Lipinski definition) is 5. The second kappa shape index (κ2) is 9.02. The smallest absolute Gasteiger partial charge is 0.284 e. The number of pyridine rings is 1. The van der Waals surface area contributed by atoms with Gasteiger partial charge in [-0.3, -0.25) is 9.59 Å². The molecule has 0 spiro atoms. The zero-order chi connectivity index (χ0) is 21.8. The lowest BCUT2D eigenvalue weighted by Gasteiger charge is -2.08. The molecule has 1 amide bonds. The molecular formula is C24H19ClN2O4. The molecule has 2 heterocycles. The van der Waals surface area contributed by atoms with E-state index in [1.807, 2.05) is 30.3 Å². The maximum atomic E-state index is 12.5. The van der Waals surface area contributed by atoms with E-state index in [1.165, 1.54) is 6.07 Å². The third-order valence-corrected chi connectivity index (χ3v) is 4.99. The number of furan rings is 1. The van der Waals surface area contributed by atoms with Crippen molar-refractivity contribution in [2.75, 3.05) is 0 Å². The molecule has 0 radical (unpaired) electrons. The van der Waals surface area contributed by atoms with Crippen molar-refractivity contribution in [1.29, 1.82) is 0 Å². The minimum atomic E-state index is -0.633. The summed E-state index contributed by atoms with van der Waals surface area (Å²) in [5, 5.41) is 1.63. The first-order valence-corrected chi connectivity index (χ1v) is 10.1. The van der Waals surface area contributed by atoms with Crippen molar-refractivity contribution in [2.24, 2.45) is 5.73 Å². The molecule has 0 aliphatic rings. The van der Waals surface area contributed by atoms with Crippen LogP contribution in [0, 0.1) is 0 Å². The number of carbonyl (C=O) groups excluding carboxylic acids is 2. The van der Waals surface area contributed by atoms with E-state index in [9.17, 15) is 9.59 Å². The molecule has 4 aromatic rings. The van der Waals surface area contributed by atoms with E-state index >= 15 is 0 Å². The lowest BCUT2D eigenvalue weighted by Crippen LogP contribution is -2.09. The normalized spacial score (nSPS) is 10.9. The average molecular weight is 435 g/mol. The highest BCUT2D eigenvalue weighted by Gasteiger charge is 2.11. The van der Waals surface area contributed by atoms with Crippen molar-refractivity contribution >= 4 is 34.2 Å². The van der Waals surface area contributed by atoms with Crippen LogP contribution in [0.2, 0.25) is 5.02 Å². The number of Topliss-reactive ketones (excluding diaryl/α,β-unsaturated/α-hetero) is 1. The maximum absolute atomic E-state index is 12.5. The molecule has 6 nitrogen and oxygen atoms in total. The highest BCUT2D eigenvalue weighted by Crippen LogP contribution is 2.20. The molecule has 2 N–H and O–H groups in total. The Labute approximate surface area is 183 Å². The molecule has 2 aromatic heterocycles. The van der Waals surface area contributed by atoms with Crippen molar-refractivity contribution in [3.63, 3.8) is 0 Å². The van der Waals surface area contributed by atoms with Gasteiger partial charge in [-0.2, -0.15) is 0 Å². The molecule has 0 aliphatic carbocycles. The first-order valence-electron chi connectivity index (χ1n) is 9.68. The van der Waals surface area contributed by atoms with Gasteiger partial charge in [-0.1, -0.05) is 35.9 Å². The van der Waals surface area contributed by atoms with Gasteiger partial charge in [-0.05, 0) is 42.5 Å². The van der Waals surface area contributed by atoms with Crippen LogP contribution < -0.4 is 10.5 Å². The standard InChI is InChI=1S/C24H19ClN2O4/c25-17-6-4-15-5-7-18(27-21(15)13-17)14-30-20-3-1-2-16(12-20)22(28)10-8-19-9-11-23(31-19)24(26)29/h1-7,9,11-13H,8,10,14H2,(H2,26,29). The first-order chi connectivity index (χ1) is 15.0. The molecule has 0 unspecified atom stereocenters. The summed E-state index contributed by atoms with van der Waals surface area (Å²) in [7, 11) is 0. The fraction of sp³-hybridized carbons (Fsp3) is 0.125. The molecule has 0 saturated heterocycles. The van der Waals surface area contributed by atoms with E-state index in [1.54, 1.807) is 30.3 Å². The van der Waals surface area contributed by atoms with Crippen molar-refractivity contribution in [3.8, 4) is 5.75 Å². The van der Waals surface area contributed by atoms with Crippen LogP contribution in [0.3, 0.4) is 0 Å². The summed E-state index contributed by atoms with van der Waals surface area (Å²) in [5.41, 5.74) is 7.27. The number of nitrogens with zero attached hydrogens (tertiary/aromatic N) is 1. The summed E-state index contributed by atoms with van der Waals surface area (Å²) < 4.78 is 11.2. The van der Waals surface area contributed by atoms with Gasteiger partial charge < -0.3 is 14.9 Å². The van der Waals surface area contributed by atoms with E-state index in [0.29, 0.717) is 28.5 Å². The van der Waals surface area contributed by atoms with Crippen molar-refractivity contribution in [1.82, 2.24) is 4.98 Å².